The summed E-state index contributed by atoms with van der Waals surface area (Å²) >= 11 is 0. The molecule has 1 N–H and O–H groups in total. The van der Waals surface area contributed by atoms with Crippen LogP contribution in [0.3, 0.4) is 0 Å². The third-order valence-electron chi connectivity index (χ3n) is 4.24. The highest BCUT2D eigenvalue weighted by Crippen LogP contribution is 2.39. The lowest BCUT2D eigenvalue weighted by Crippen LogP contribution is -1.93. The van der Waals surface area contributed by atoms with E-state index in [-0.39, 0.29) is 0 Å². The normalized spacial score (nSPS) is 11.0. The molecule has 0 unspecified atom stereocenters. The van der Waals surface area contributed by atoms with Crippen molar-refractivity contribution in [1.29, 1.82) is 0 Å². The summed E-state index contributed by atoms with van der Waals surface area (Å²) in [5, 5.41) is 8.43. The number of hydrogen-bond donors (Lipinski definition) is 1. The summed E-state index contributed by atoms with van der Waals surface area (Å²) in [6.07, 6.45) is 1.78. The summed E-state index contributed by atoms with van der Waals surface area (Å²) in [5.41, 5.74) is 5.70. The lowest BCUT2D eigenvalue weighted by Gasteiger charge is -2.07. The van der Waals surface area contributed by atoms with Crippen molar-refractivity contribution >= 4 is 10.9 Å². The lowest BCUT2D eigenvalue weighted by molar-refractivity contribution is 0.415. The number of fused-ring (bicyclic) bond motifs is 1. The minimum Gasteiger partial charge on any atom is -0.497 e. The molecule has 4 nitrogen and oxygen atoms in total. The number of aromatic amines is 1. The molecule has 0 aliphatic rings. The second-order valence-corrected chi connectivity index (χ2v) is 5.50. The fraction of sp³-hybridized carbons (Fsp3) is 0.105. The quantitative estimate of drug-likeness (QED) is 0.615. The van der Waals surface area contributed by atoms with Crippen LogP contribution in [-0.4, -0.2) is 21.9 Å². The Balaban J connectivity index is 2.05. The number of nitrogens with zero attached hydrogens (tertiary/aromatic N) is 2. The largest absolute Gasteiger partial charge is 0.497 e. The SMILES string of the molecule is COc1ccc(-c2c(-c3ccn[nH]3)n(C)c3ccccc23)cc1. The summed E-state index contributed by atoms with van der Waals surface area (Å²) in [4.78, 5) is 0. The molecule has 0 radical (unpaired) electrons. The van der Waals surface area contributed by atoms with Gasteiger partial charge in [0.05, 0.1) is 18.5 Å². The van der Waals surface area contributed by atoms with Crippen LogP contribution in [-0.2, 0) is 7.05 Å². The minimum atomic E-state index is 0.858. The molecule has 4 rings (SSSR count). The second kappa shape index (κ2) is 5.32. The van der Waals surface area contributed by atoms with E-state index in [0.717, 1.165) is 22.7 Å². The van der Waals surface area contributed by atoms with E-state index in [0.29, 0.717) is 0 Å². The van der Waals surface area contributed by atoms with Crippen molar-refractivity contribution < 1.29 is 4.74 Å². The van der Waals surface area contributed by atoms with Crippen LogP contribution in [0.2, 0.25) is 0 Å². The highest BCUT2D eigenvalue weighted by Gasteiger charge is 2.18. The highest BCUT2D eigenvalue weighted by atomic mass is 16.5. The topological polar surface area (TPSA) is 42.8 Å². The number of para-hydroxylation sites is 1. The molecule has 114 valence electrons. The summed E-state index contributed by atoms with van der Waals surface area (Å²) in [6.45, 7) is 0. The molecule has 0 amide bonds. The van der Waals surface area contributed by atoms with Gasteiger partial charge >= 0.3 is 0 Å². The van der Waals surface area contributed by atoms with Gasteiger partial charge in [-0.05, 0) is 29.8 Å². The Hall–Kier alpha value is -3.01. The van der Waals surface area contributed by atoms with E-state index >= 15 is 0 Å². The van der Waals surface area contributed by atoms with Crippen LogP contribution >= 0.6 is 0 Å². The zero-order valence-corrected chi connectivity index (χ0v) is 13.1. The zero-order valence-electron chi connectivity index (χ0n) is 13.1. The van der Waals surface area contributed by atoms with Gasteiger partial charge in [0.25, 0.3) is 0 Å². The predicted octanol–water partition coefficient (Wildman–Crippen LogP) is 4.24. The molecule has 2 heterocycles. The van der Waals surface area contributed by atoms with Crippen molar-refractivity contribution in [2.75, 3.05) is 7.11 Å². The number of hydrogen-bond acceptors (Lipinski definition) is 2. The first kappa shape index (κ1) is 13.6. The van der Waals surface area contributed by atoms with Gasteiger partial charge in [-0.3, -0.25) is 5.10 Å². The smallest absolute Gasteiger partial charge is 0.118 e. The molecule has 4 aromatic rings. The van der Waals surface area contributed by atoms with Gasteiger partial charge in [0.2, 0.25) is 0 Å². The number of H-pyrrole nitrogens is 1. The van der Waals surface area contributed by atoms with Gasteiger partial charge in [-0.2, -0.15) is 5.10 Å². The maximum atomic E-state index is 5.28. The Kier molecular flexibility index (Phi) is 3.15. The van der Waals surface area contributed by atoms with Crippen LogP contribution in [0.4, 0.5) is 0 Å². The van der Waals surface area contributed by atoms with Crippen LogP contribution in [0, 0.1) is 0 Å². The van der Waals surface area contributed by atoms with Crippen molar-refractivity contribution in [3.05, 3.63) is 60.8 Å². The minimum absolute atomic E-state index is 0.858. The first-order valence-electron chi connectivity index (χ1n) is 7.51. The monoisotopic (exact) mass is 303 g/mol. The predicted molar refractivity (Wildman–Crippen MR) is 92.5 cm³/mol. The van der Waals surface area contributed by atoms with Crippen LogP contribution in [0.5, 0.6) is 5.75 Å². The number of rotatable bonds is 3. The number of nitrogens with one attached hydrogen (secondary N) is 1. The van der Waals surface area contributed by atoms with Gasteiger partial charge in [0.1, 0.15) is 5.75 Å². The molecule has 0 fully saturated rings. The third-order valence-corrected chi connectivity index (χ3v) is 4.24. The first-order valence-corrected chi connectivity index (χ1v) is 7.51. The van der Waals surface area contributed by atoms with Gasteiger partial charge in [0, 0.05) is 29.7 Å². The average Bonchev–Trinajstić information content (AvgIpc) is 3.22. The molecule has 0 spiro atoms. The second-order valence-electron chi connectivity index (χ2n) is 5.50. The van der Waals surface area contributed by atoms with Crippen molar-refractivity contribution in [3.63, 3.8) is 0 Å². The molecule has 2 aromatic carbocycles. The Morgan fingerprint density at radius 3 is 2.48 bits per heavy atom. The van der Waals surface area contributed by atoms with E-state index in [4.69, 9.17) is 4.74 Å². The van der Waals surface area contributed by atoms with Crippen molar-refractivity contribution in [2.24, 2.45) is 7.05 Å². The Bertz CT molecular complexity index is 950. The summed E-state index contributed by atoms with van der Waals surface area (Å²) in [7, 11) is 3.77. The zero-order chi connectivity index (χ0) is 15.8. The van der Waals surface area contributed by atoms with E-state index < -0.39 is 0 Å². The van der Waals surface area contributed by atoms with Gasteiger partial charge < -0.3 is 9.30 Å². The van der Waals surface area contributed by atoms with E-state index in [1.54, 1.807) is 13.3 Å². The maximum absolute atomic E-state index is 5.28. The number of benzene rings is 2. The number of methoxy groups -OCH3 is 1. The van der Waals surface area contributed by atoms with Crippen LogP contribution in [0.25, 0.3) is 33.4 Å². The molecule has 0 atom stereocenters. The highest BCUT2D eigenvalue weighted by molar-refractivity contribution is 6.04. The van der Waals surface area contributed by atoms with Gasteiger partial charge in [-0.15, -0.1) is 0 Å². The van der Waals surface area contributed by atoms with Gasteiger partial charge in [-0.1, -0.05) is 30.3 Å². The molecular formula is C19H17N3O. The van der Waals surface area contributed by atoms with E-state index in [1.807, 2.05) is 18.2 Å². The summed E-state index contributed by atoms with van der Waals surface area (Å²) < 4.78 is 7.49. The maximum Gasteiger partial charge on any atom is 0.118 e. The Morgan fingerprint density at radius 1 is 1.00 bits per heavy atom. The summed E-state index contributed by atoms with van der Waals surface area (Å²) in [6, 6.07) is 18.6. The third kappa shape index (κ3) is 2.11. The standard InChI is InChI=1S/C19H17N3O/c1-22-17-6-4-3-5-15(17)18(19(22)16-11-12-20-21-16)13-7-9-14(23-2)10-8-13/h3-12H,1-2H3,(H,20,21). The fourth-order valence-electron chi connectivity index (χ4n) is 3.15. The molecule has 0 saturated carbocycles. The van der Waals surface area contributed by atoms with E-state index in [1.165, 1.54) is 16.5 Å². The van der Waals surface area contributed by atoms with Gasteiger partial charge in [0.15, 0.2) is 0 Å². The molecule has 2 aromatic heterocycles. The molecular weight excluding hydrogens is 286 g/mol. The Labute approximate surface area is 134 Å². The van der Waals surface area contributed by atoms with Crippen molar-refractivity contribution in [1.82, 2.24) is 14.8 Å². The number of aryl methyl sites for hydroxylation is 1. The van der Waals surface area contributed by atoms with Crippen LogP contribution < -0.4 is 4.74 Å². The molecule has 0 aliphatic carbocycles. The van der Waals surface area contributed by atoms with E-state index in [2.05, 4.69) is 58.2 Å². The average molecular weight is 303 g/mol. The fourth-order valence-corrected chi connectivity index (χ4v) is 3.15. The van der Waals surface area contributed by atoms with Crippen molar-refractivity contribution in [2.45, 2.75) is 0 Å². The number of ether oxygens (including phenoxy) is 1. The van der Waals surface area contributed by atoms with Crippen LogP contribution in [0.1, 0.15) is 0 Å². The first-order chi connectivity index (χ1) is 11.3. The molecule has 23 heavy (non-hydrogen) atoms. The van der Waals surface area contributed by atoms with Crippen molar-refractivity contribution in [3.8, 4) is 28.3 Å². The Morgan fingerprint density at radius 2 is 1.78 bits per heavy atom. The van der Waals surface area contributed by atoms with Crippen LogP contribution in [0.15, 0.2) is 60.8 Å². The van der Waals surface area contributed by atoms with Gasteiger partial charge in [-0.25, -0.2) is 0 Å². The molecule has 0 saturated heterocycles. The lowest BCUT2D eigenvalue weighted by atomic mass is 10.0. The molecule has 0 bridgehead atoms. The summed E-state index contributed by atoms with van der Waals surface area (Å²) in [5.74, 6) is 0.858. The molecule has 0 aliphatic heterocycles. The molecule has 4 heteroatoms. The van der Waals surface area contributed by atoms with E-state index in [9.17, 15) is 0 Å². The number of aromatic nitrogens is 3.